The third-order valence-corrected chi connectivity index (χ3v) is 7.48. The molecule has 0 spiro atoms. The van der Waals surface area contributed by atoms with E-state index in [0.29, 0.717) is 22.0 Å². The maximum atomic E-state index is 13.5. The number of sulfonamides is 1. The average molecular weight is 532 g/mol. The molecule has 0 saturated heterocycles. The van der Waals surface area contributed by atoms with Crippen molar-refractivity contribution in [2.24, 2.45) is 5.90 Å². The molecule has 11 heteroatoms. The molecule has 0 saturated carbocycles. The van der Waals surface area contributed by atoms with Gasteiger partial charge >= 0.3 is 5.97 Å². The number of amides is 1. The smallest absolute Gasteiger partial charge is 0.356 e. The first-order valence-corrected chi connectivity index (χ1v) is 12.7. The minimum Gasteiger partial charge on any atom is -0.492 e. The number of carbonyl (C=O) groups is 2. The lowest BCUT2D eigenvalue weighted by atomic mass is 10.2. The zero-order valence-corrected chi connectivity index (χ0v) is 21.3. The van der Waals surface area contributed by atoms with Gasteiger partial charge in [-0.25, -0.2) is 13.2 Å². The van der Waals surface area contributed by atoms with Gasteiger partial charge in [-0.3, -0.25) is 9.10 Å². The van der Waals surface area contributed by atoms with Crippen LogP contribution in [0.25, 0.3) is 0 Å². The molecule has 0 fully saturated rings. The Morgan fingerprint density at radius 2 is 1.67 bits per heavy atom. The molecule has 0 bridgehead atoms. The molecule has 3 rings (SSSR count). The monoisotopic (exact) mass is 531 g/mol. The highest BCUT2D eigenvalue weighted by Crippen LogP contribution is 2.30. The summed E-state index contributed by atoms with van der Waals surface area (Å²) in [5.41, 5.74) is 2.02. The fourth-order valence-electron chi connectivity index (χ4n) is 3.30. The van der Waals surface area contributed by atoms with Gasteiger partial charge in [0, 0.05) is 5.02 Å². The Kier molecular flexibility index (Phi) is 8.92. The van der Waals surface area contributed by atoms with E-state index >= 15 is 0 Å². The molecule has 0 aliphatic carbocycles. The van der Waals surface area contributed by atoms with E-state index in [4.69, 9.17) is 22.2 Å². The maximum Gasteiger partial charge on any atom is 0.356 e. The van der Waals surface area contributed by atoms with Gasteiger partial charge in [-0.05, 0) is 67.9 Å². The maximum absolute atomic E-state index is 13.5. The lowest BCUT2D eigenvalue weighted by Crippen LogP contribution is -2.42. The molecule has 3 N–H and O–H groups in total. The molecule has 190 valence electrons. The lowest BCUT2D eigenvalue weighted by Gasteiger charge is -2.26. The van der Waals surface area contributed by atoms with E-state index in [1.165, 1.54) is 24.3 Å². The first kappa shape index (κ1) is 27.0. The van der Waals surface area contributed by atoms with Crippen molar-refractivity contribution in [2.75, 3.05) is 24.0 Å². The van der Waals surface area contributed by atoms with Crippen molar-refractivity contribution in [3.8, 4) is 5.75 Å². The van der Waals surface area contributed by atoms with Crippen LogP contribution in [-0.2, 0) is 19.7 Å². The van der Waals surface area contributed by atoms with Gasteiger partial charge in [-0.2, -0.15) is 5.90 Å². The quantitative estimate of drug-likeness (QED) is 0.303. The number of anilines is 1. The molecule has 3 aromatic carbocycles. The van der Waals surface area contributed by atoms with Gasteiger partial charge in [0.1, 0.15) is 18.9 Å². The minimum atomic E-state index is -4.06. The van der Waals surface area contributed by atoms with Crippen LogP contribution in [0.1, 0.15) is 21.5 Å². The first-order chi connectivity index (χ1) is 17.1. The van der Waals surface area contributed by atoms with Gasteiger partial charge in [-0.15, -0.1) is 0 Å². The topological polar surface area (TPSA) is 128 Å². The molecule has 0 radical (unpaired) electrons. The second-order valence-electron chi connectivity index (χ2n) is 7.84. The summed E-state index contributed by atoms with van der Waals surface area (Å²) in [5, 5.41) is 3.05. The average Bonchev–Trinajstić information content (AvgIpc) is 2.87. The van der Waals surface area contributed by atoms with Crippen LogP contribution in [0.3, 0.4) is 0 Å². The van der Waals surface area contributed by atoms with E-state index in [2.05, 4.69) is 10.2 Å². The predicted octanol–water partition coefficient (Wildman–Crippen LogP) is 3.38. The number of ether oxygens (including phenoxy) is 1. The van der Waals surface area contributed by atoms with E-state index in [0.717, 1.165) is 9.87 Å². The molecule has 36 heavy (non-hydrogen) atoms. The van der Waals surface area contributed by atoms with E-state index in [9.17, 15) is 18.0 Å². The highest BCUT2D eigenvalue weighted by atomic mass is 35.5. The number of carbonyl (C=O) groups excluding carboxylic acids is 2. The number of nitrogens with zero attached hydrogens (tertiary/aromatic N) is 1. The van der Waals surface area contributed by atoms with Crippen LogP contribution in [0.15, 0.2) is 71.6 Å². The Morgan fingerprint density at radius 3 is 2.31 bits per heavy atom. The van der Waals surface area contributed by atoms with Crippen molar-refractivity contribution >= 4 is 39.2 Å². The first-order valence-electron chi connectivity index (χ1n) is 10.9. The van der Waals surface area contributed by atoms with Gasteiger partial charge in [-0.1, -0.05) is 35.4 Å². The van der Waals surface area contributed by atoms with Gasteiger partial charge in [0.25, 0.3) is 10.0 Å². The Morgan fingerprint density at radius 1 is 1.00 bits per heavy atom. The van der Waals surface area contributed by atoms with Gasteiger partial charge in [0.15, 0.2) is 0 Å². The number of hydrogen-bond donors (Lipinski definition) is 2. The SMILES string of the molecule is Cc1ccc(S(=O)(=O)N(CC(=O)NCCOc2ccc(C(=O)ON)cc2)c2cccc(Cl)c2C)cc1. The number of nitrogens with two attached hydrogens (primary N) is 1. The summed E-state index contributed by atoms with van der Waals surface area (Å²) in [7, 11) is -4.06. The molecule has 3 aromatic rings. The van der Waals surface area contributed by atoms with Crippen LogP contribution in [0, 0.1) is 13.8 Å². The largest absolute Gasteiger partial charge is 0.492 e. The molecular formula is C25H26ClN3O6S. The Hall–Kier alpha value is -3.60. The number of nitrogens with one attached hydrogen (secondary N) is 1. The second kappa shape index (κ2) is 11.9. The van der Waals surface area contributed by atoms with Gasteiger partial charge in [0.05, 0.1) is 22.7 Å². The molecule has 0 unspecified atom stereocenters. The summed E-state index contributed by atoms with van der Waals surface area (Å²) in [6, 6.07) is 17.4. The fourth-order valence-corrected chi connectivity index (χ4v) is 4.95. The Balaban J connectivity index is 1.69. The molecule has 0 aliphatic rings. The van der Waals surface area contributed by atoms with Crippen molar-refractivity contribution in [1.29, 1.82) is 0 Å². The highest BCUT2D eigenvalue weighted by molar-refractivity contribution is 7.92. The fraction of sp³-hybridized carbons (Fsp3) is 0.200. The third kappa shape index (κ3) is 6.54. The molecule has 0 aromatic heterocycles. The summed E-state index contributed by atoms with van der Waals surface area (Å²) in [5.74, 6) is 4.13. The normalized spacial score (nSPS) is 11.0. The van der Waals surface area contributed by atoms with Gasteiger partial charge < -0.3 is 14.9 Å². The molecular weight excluding hydrogens is 506 g/mol. The van der Waals surface area contributed by atoms with Crippen LogP contribution in [-0.4, -0.2) is 40.0 Å². The molecule has 0 aliphatic heterocycles. The molecule has 1 amide bonds. The van der Waals surface area contributed by atoms with Crippen LogP contribution in [0.2, 0.25) is 5.02 Å². The van der Waals surface area contributed by atoms with Crippen molar-refractivity contribution < 1.29 is 27.6 Å². The summed E-state index contributed by atoms with van der Waals surface area (Å²) < 4.78 is 33.6. The number of halogens is 1. The standard InChI is InChI=1S/C25H26ClN3O6S/c1-17-6-12-21(13-7-17)36(32,33)29(23-5-3-4-22(26)18(23)2)16-24(30)28-14-15-34-20-10-8-19(9-11-20)25(31)35-27/h3-13H,14-16,27H2,1-2H3,(H,28,30). The lowest BCUT2D eigenvalue weighted by molar-refractivity contribution is -0.119. The van der Waals surface area contributed by atoms with E-state index in [-0.39, 0.29) is 23.6 Å². The third-order valence-electron chi connectivity index (χ3n) is 5.29. The van der Waals surface area contributed by atoms with E-state index in [1.54, 1.807) is 49.4 Å². The van der Waals surface area contributed by atoms with Crippen molar-refractivity contribution in [1.82, 2.24) is 5.32 Å². The molecule has 0 heterocycles. The zero-order chi connectivity index (χ0) is 26.3. The molecule has 9 nitrogen and oxygen atoms in total. The van der Waals surface area contributed by atoms with Crippen LogP contribution in [0.5, 0.6) is 5.75 Å². The summed E-state index contributed by atoms with van der Waals surface area (Å²) in [6.45, 7) is 3.34. The zero-order valence-electron chi connectivity index (χ0n) is 19.7. The van der Waals surface area contributed by atoms with E-state index < -0.39 is 28.4 Å². The van der Waals surface area contributed by atoms with Crippen molar-refractivity contribution in [2.45, 2.75) is 18.7 Å². The van der Waals surface area contributed by atoms with Gasteiger partial charge in [0.2, 0.25) is 5.91 Å². The Labute approximate surface area is 214 Å². The predicted molar refractivity (Wildman–Crippen MR) is 136 cm³/mol. The number of aryl methyl sites for hydroxylation is 1. The van der Waals surface area contributed by atoms with Crippen molar-refractivity contribution in [3.63, 3.8) is 0 Å². The van der Waals surface area contributed by atoms with E-state index in [1.807, 2.05) is 6.92 Å². The summed E-state index contributed by atoms with van der Waals surface area (Å²) in [4.78, 5) is 28.3. The highest BCUT2D eigenvalue weighted by Gasteiger charge is 2.28. The Bertz CT molecular complexity index is 1330. The number of rotatable bonds is 10. The van der Waals surface area contributed by atoms with Crippen LogP contribution in [0.4, 0.5) is 5.69 Å². The number of hydrogen-bond acceptors (Lipinski definition) is 7. The van der Waals surface area contributed by atoms with Crippen LogP contribution < -0.4 is 20.3 Å². The van der Waals surface area contributed by atoms with Crippen LogP contribution >= 0.6 is 11.6 Å². The summed E-state index contributed by atoms with van der Waals surface area (Å²) >= 11 is 6.24. The molecule has 0 atom stereocenters. The van der Waals surface area contributed by atoms with Crippen molar-refractivity contribution in [3.05, 3.63) is 88.4 Å². The second-order valence-corrected chi connectivity index (χ2v) is 10.1. The summed E-state index contributed by atoms with van der Waals surface area (Å²) in [6.07, 6.45) is 0. The minimum absolute atomic E-state index is 0.0607. The number of benzene rings is 3.